The third-order valence-electron chi connectivity index (χ3n) is 4.04. The highest BCUT2D eigenvalue weighted by atomic mass is 35.5. The average Bonchev–Trinajstić information content (AvgIpc) is 3.17. The number of ether oxygens (including phenoxy) is 1. The molecular formula is C18H19Cl2N3O2S. The van der Waals surface area contributed by atoms with Gasteiger partial charge in [0.15, 0.2) is 0 Å². The largest absolute Gasteiger partial charge is 0.487 e. The van der Waals surface area contributed by atoms with E-state index in [1.54, 1.807) is 18.2 Å². The van der Waals surface area contributed by atoms with Gasteiger partial charge in [-0.25, -0.2) is 9.78 Å². The second kappa shape index (κ2) is 8.84. The monoisotopic (exact) mass is 411 g/mol. The Balaban J connectivity index is 1.58. The van der Waals surface area contributed by atoms with Crippen LogP contribution in [0.4, 0.5) is 10.5 Å². The van der Waals surface area contributed by atoms with Crippen molar-refractivity contribution in [2.45, 2.75) is 24.5 Å². The number of amides is 2. The number of hydrogen-bond donors (Lipinski definition) is 1. The van der Waals surface area contributed by atoms with Crippen molar-refractivity contribution in [3.05, 3.63) is 46.1 Å². The first-order valence-corrected chi connectivity index (χ1v) is 10.2. The molecule has 8 heteroatoms. The van der Waals surface area contributed by atoms with Gasteiger partial charge in [-0.1, -0.05) is 23.2 Å². The Kier molecular flexibility index (Phi) is 6.51. The normalized spacial score (nSPS) is 13.7. The van der Waals surface area contributed by atoms with Gasteiger partial charge in [0.1, 0.15) is 17.4 Å². The molecule has 2 aromatic rings. The second-order valence-electron chi connectivity index (χ2n) is 5.85. The van der Waals surface area contributed by atoms with Gasteiger partial charge in [0.25, 0.3) is 0 Å². The first-order chi connectivity index (χ1) is 12.6. The third kappa shape index (κ3) is 4.75. The van der Waals surface area contributed by atoms with E-state index in [2.05, 4.69) is 10.3 Å². The predicted octanol–water partition coefficient (Wildman–Crippen LogP) is 5.32. The summed E-state index contributed by atoms with van der Waals surface area (Å²) in [6, 6.07) is 8.86. The van der Waals surface area contributed by atoms with Crippen LogP contribution in [-0.2, 0) is 6.61 Å². The zero-order valence-electron chi connectivity index (χ0n) is 14.3. The minimum absolute atomic E-state index is 0.0575. The Morgan fingerprint density at radius 1 is 1.23 bits per heavy atom. The molecule has 0 atom stereocenters. The number of halogens is 2. The molecule has 0 radical (unpaired) electrons. The van der Waals surface area contributed by atoms with Gasteiger partial charge < -0.3 is 15.0 Å². The number of rotatable bonds is 5. The molecule has 0 bridgehead atoms. The fourth-order valence-electron chi connectivity index (χ4n) is 2.64. The molecule has 1 aliphatic rings. The SMILES string of the molecule is CSc1nc(COc2ccc(NC(=O)N3CCCC3)cc2)c(Cl)cc1Cl. The number of anilines is 1. The van der Waals surface area contributed by atoms with Crippen molar-refractivity contribution in [1.82, 2.24) is 9.88 Å². The molecule has 138 valence electrons. The summed E-state index contributed by atoms with van der Waals surface area (Å²) in [5, 5.41) is 4.62. The fraction of sp³-hybridized carbons (Fsp3) is 0.333. The van der Waals surface area contributed by atoms with Crippen LogP contribution in [0.3, 0.4) is 0 Å². The Labute approximate surface area is 167 Å². The maximum atomic E-state index is 12.1. The fourth-order valence-corrected chi connectivity index (χ4v) is 3.74. The minimum Gasteiger partial charge on any atom is -0.487 e. The smallest absolute Gasteiger partial charge is 0.321 e. The summed E-state index contributed by atoms with van der Waals surface area (Å²) in [4.78, 5) is 18.3. The quantitative estimate of drug-likeness (QED) is 0.676. The summed E-state index contributed by atoms with van der Waals surface area (Å²) in [7, 11) is 0. The molecule has 0 spiro atoms. The van der Waals surface area contributed by atoms with E-state index >= 15 is 0 Å². The summed E-state index contributed by atoms with van der Waals surface area (Å²) in [5.41, 5.74) is 1.37. The Bertz CT molecular complexity index is 781. The van der Waals surface area contributed by atoms with Gasteiger partial charge in [0, 0.05) is 18.8 Å². The van der Waals surface area contributed by atoms with E-state index in [9.17, 15) is 4.79 Å². The summed E-state index contributed by atoms with van der Waals surface area (Å²) in [6.07, 6.45) is 4.04. The highest BCUT2D eigenvalue weighted by Crippen LogP contribution is 2.29. The molecular weight excluding hydrogens is 393 g/mol. The van der Waals surface area contributed by atoms with Gasteiger partial charge in [-0.2, -0.15) is 0 Å². The molecule has 5 nitrogen and oxygen atoms in total. The Morgan fingerprint density at radius 2 is 1.92 bits per heavy atom. The number of likely N-dealkylation sites (tertiary alicyclic amines) is 1. The van der Waals surface area contributed by atoms with E-state index < -0.39 is 0 Å². The highest BCUT2D eigenvalue weighted by molar-refractivity contribution is 7.98. The zero-order valence-corrected chi connectivity index (χ0v) is 16.6. The van der Waals surface area contributed by atoms with Crippen molar-refractivity contribution in [2.24, 2.45) is 0 Å². The number of nitrogens with one attached hydrogen (secondary N) is 1. The second-order valence-corrected chi connectivity index (χ2v) is 7.45. The van der Waals surface area contributed by atoms with Gasteiger partial charge in [0.2, 0.25) is 0 Å². The maximum Gasteiger partial charge on any atom is 0.321 e. The van der Waals surface area contributed by atoms with Gasteiger partial charge in [-0.3, -0.25) is 0 Å². The van der Waals surface area contributed by atoms with Gasteiger partial charge >= 0.3 is 6.03 Å². The van der Waals surface area contributed by atoms with E-state index in [1.807, 2.05) is 23.3 Å². The Morgan fingerprint density at radius 3 is 2.58 bits per heavy atom. The summed E-state index contributed by atoms with van der Waals surface area (Å²) in [5.74, 6) is 0.669. The van der Waals surface area contributed by atoms with Gasteiger partial charge in [0.05, 0.1) is 15.7 Å². The molecule has 0 unspecified atom stereocenters. The van der Waals surface area contributed by atoms with Gasteiger partial charge in [-0.05, 0) is 49.4 Å². The van der Waals surface area contributed by atoms with Gasteiger partial charge in [-0.15, -0.1) is 11.8 Å². The average molecular weight is 412 g/mol. The molecule has 3 rings (SSSR count). The van der Waals surface area contributed by atoms with Crippen molar-refractivity contribution < 1.29 is 9.53 Å². The highest BCUT2D eigenvalue weighted by Gasteiger charge is 2.17. The molecule has 1 aromatic carbocycles. The molecule has 1 fully saturated rings. The molecule has 26 heavy (non-hydrogen) atoms. The lowest BCUT2D eigenvalue weighted by molar-refractivity contribution is 0.222. The lowest BCUT2D eigenvalue weighted by Crippen LogP contribution is -2.32. The topological polar surface area (TPSA) is 54.5 Å². The zero-order chi connectivity index (χ0) is 18.5. The number of benzene rings is 1. The maximum absolute atomic E-state index is 12.1. The van der Waals surface area contributed by atoms with Crippen LogP contribution < -0.4 is 10.1 Å². The molecule has 2 amide bonds. The number of urea groups is 1. The first kappa shape index (κ1) is 19.1. The molecule has 1 saturated heterocycles. The van der Waals surface area contributed by atoms with E-state index in [4.69, 9.17) is 27.9 Å². The number of carbonyl (C=O) groups is 1. The van der Waals surface area contributed by atoms with Crippen LogP contribution in [0.2, 0.25) is 10.0 Å². The molecule has 0 aliphatic carbocycles. The molecule has 1 aliphatic heterocycles. The lowest BCUT2D eigenvalue weighted by atomic mass is 10.3. The van der Waals surface area contributed by atoms with Crippen molar-refractivity contribution in [1.29, 1.82) is 0 Å². The van der Waals surface area contributed by atoms with Crippen molar-refractivity contribution in [3.63, 3.8) is 0 Å². The number of thioether (sulfide) groups is 1. The van der Waals surface area contributed by atoms with Crippen molar-refractivity contribution >= 4 is 46.7 Å². The Hall–Kier alpha value is -1.63. The van der Waals surface area contributed by atoms with Crippen LogP contribution in [0.1, 0.15) is 18.5 Å². The van der Waals surface area contributed by atoms with E-state index in [0.29, 0.717) is 21.5 Å². The minimum atomic E-state index is -0.0575. The van der Waals surface area contributed by atoms with Crippen LogP contribution in [0.5, 0.6) is 5.75 Å². The van der Waals surface area contributed by atoms with E-state index in [-0.39, 0.29) is 12.6 Å². The standard InChI is InChI=1S/C18H19Cl2N3O2S/c1-26-17-15(20)10-14(19)16(22-17)11-25-13-6-4-12(5-7-13)21-18(24)23-8-2-3-9-23/h4-7,10H,2-3,8-9,11H2,1H3,(H,21,24). The summed E-state index contributed by atoms with van der Waals surface area (Å²) in [6.45, 7) is 1.88. The van der Waals surface area contributed by atoms with E-state index in [0.717, 1.165) is 36.6 Å². The first-order valence-electron chi connectivity index (χ1n) is 8.24. The number of aromatic nitrogens is 1. The molecule has 1 N–H and O–H groups in total. The van der Waals surface area contributed by atoms with Crippen LogP contribution >= 0.6 is 35.0 Å². The van der Waals surface area contributed by atoms with Crippen LogP contribution in [0.25, 0.3) is 0 Å². The number of hydrogen-bond acceptors (Lipinski definition) is 4. The number of nitrogens with zero attached hydrogens (tertiary/aromatic N) is 2. The summed E-state index contributed by atoms with van der Waals surface area (Å²) >= 11 is 13.7. The van der Waals surface area contributed by atoms with Crippen molar-refractivity contribution in [3.8, 4) is 5.75 Å². The van der Waals surface area contributed by atoms with Crippen LogP contribution in [0.15, 0.2) is 35.4 Å². The lowest BCUT2D eigenvalue weighted by Gasteiger charge is -2.16. The van der Waals surface area contributed by atoms with Crippen LogP contribution in [-0.4, -0.2) is 35.3 Å². The third-order valence-corrected chi connectivity index (χ3v) is 5.46. The number of pyridine rings is 1. The molecule has 1 aromatic heterocycles. The predicted molar refractivity (Wildman–Crippen MR) is 107 cm³/mol. The van der Waals surface area contributed by atoms with Crippen molar-refractivity contribution in [2.75, 3.05) is 24.7 Å². The number of carbonyl (C=O) groups excluding carboxylic acids is 1. The van der Waals surface area contributed by atoms with Crippen LogP contribution in [0, 0.1) is 0 Å². The molecule has 0 saturated carbocycles. The summed E-state index contributed by atoms with van der Waals surface area (Å²) < 4.78 is 5.75. The molecule has 2 heterocycles. The van der Waals surface area contributed by atoms with E-state index in [1.165, 1.54) is 11.8 Å².